The molecule has 0 fully saturated rings. The normalized spacial score (nSPS) is 10.7. The number of hydrogen-bond acceptors (Lipinski definition) is 2. The Morgan fingerprint density at radius 3 is 2.72 bits per heavy atom. The Kier molecular flexibility index (Phi) is 3.85. The van der Waals surface area contributed by atoms with Crippen molar-refractivity contribution in [3.05, 3.63) is 60.8 Å². The molecule has 0 amide bonds. The molecule has 1 aromatic carbocycles. The molecule has 0 radical (unpaired) electrons. The topological polar surface area (TPSA) is 34.9 Å². The van der Waals surface area contributed by atoms with Crippen LogP contribution in [-0.4, -0.2) is 9.55 Å². The van der Waals surface area contributed by atoms with E-state index in [4.69, 9.17) is 0 Å². The quantitative estimate of drug-likeness (QED) is 0.778. The molecule has 0 N–H and O–H groups in total. The summed E-state index contributed by atoms with van der Waals surface area (Å²) in [5.41, 5.74) is 4.39. The fraction of sp³-hybridized carbons (Fsp3) is 0.286. The van der Waals surface area contributed by atoms with Crippen molar-refractivity contribution in [1.29, 1.82) is 0 Å². The Morgan fingerprint density at radius 2 is 2.00 bits per heavy atom. The molecule has 2 aromatic rings. The van der Waals surface area contributed by atoms with Crippen LogP contribution in [-0.2, 0) is 6.54 Å². The van der Waals surface area contributed by atoms with Crippen molar-refractivity contribution in [3.63, 3.8) is 0 Å². The highest BCUT2D eigenvalue weighted by Crippen LogP contribution is 2.12. The first kappa shape index (κ1) is 13.3. The van der Waals surface area contributed by atoms with Gasteiger partial charge in [0.2, 0.25) is 0 Å². The molecule has 94 valence electrons. The van der Waals surface area contributed by atoms with Crippen molar-refractivity contribution in [2.24, 2.45) is 0 Å². The van der Waals surface area contributed by atoms with Crippen LogP contribution in [0.5, 0.6) is 0 Å². The molecular weight excluding hydrogens is 339 g/mol. The van der Waals surface area contributed by atoms with Gasteiger partial charge in [0.25, 0.3) is 5.56 Å². The first-order valence-electron chi connectivity index (χ1n) is 5.76. The first-order valence-corrected chi connectivity index (χ1v) is 6.84. The molecule has 2 rings (SSSR count). The molecule has 0 saturated carbocycles. The van der Waals surface area contributed by atoms with Gasteiger partial charge in [0.05, 0.1) is 22.1 Å². The van der Waals surface area contributed by atoms with E-state index in [-0.39, 0.29) is 5.56 Å². The SMILES string of the molecule is Cc1ccc(C)c(Cn2cnc(C)c(I)c2=O)c1. The standard InChI is InChI=1S/C14H15IN2O/c1-9-4-5-10(2)12(6-9)7-17-8-16-11(3)13(15)14(17)18/h4-6,8H,7H2,1-3H3. The van der Waals surface area contributed by atoms with E-state index in [1.54, 1.807) is 10.9 Å². The minimum atomic E-state index is 0.0315. The van der Waals surface area contributed by atoms with Crippen LogP contribution in [0.1, 0.15) is 22.4 Å². The number of aromatic nitrogens is 2. The van der Waals surface area contributed by atoms with Gasteiger partial charge < -0.3 is 0 Å². The molecule has 18 heavy (non-hydrogen) atoms. The number of hydrogen-bond donors (Lipinski definition) is 0. The van der Waals surface area contributed by atoms with Gasteiger partial charge in [0, 0.05) is 0 Å². The summed E-state index contributed by atoms with van der Waals surface area (Å²) in [5, 5.41) is 0. The van der Waals surface area contributed by atoms with Gasteiger partial charge in [0.15, 0.2) is 0 Å². The molecule has 0 bridgehead atoms. The van der Waals surface area contributed by atoms with Gasteiger partial charge in [-0.1, -0.05) is 23.8 Å². The van der Waals surface area contributed by atoms with Crippen LogP contribution in [0, 0.1) is 24.3 Å². The van der Waals surface area contributed by atoms with E-state index in [0.29, 0.717) is 10.1 Å². The number of halogens is 1. The molecular formula is C14H15IN2O. The maximum absolute atomic E-state index is 12.1. The Bertz CT molecular complexity index is 647. The minimum Gasteiger partial charge on any atom is -0.294 e. The summed E-state index contributed by atoms with van der Waals surface area (Å²) in [6.07, 6.45) is 1.63. The second-order valence-electron chi connectivity index (χ2n) is 4.51. The highest BCUT2D eigenvalue weighted by Gasteiger charge is 2.07. The third kappa shape index (κ3) is 2.63. The van der Waals surface area contributed by atoms with Crippen LogP contribution >= 0.6 is 22.6 Å². The van der Waals surface area contributed by atoms with E-state index in [0.717, 1.165) is 5.69 Å². The van der Waals surface area contributed by atoms with Crippen molar-refractivity contribution in [1.82, 2.24) is 9.55 Å². The largest absolute Gasteiger partial charge is 0.294 e. The summed E-state index contributed by atoms with van der Waals surface area (Å²) in [6, 6.07) is 6.29. The van der Waals surface area contributed by atoms with Gasteiger partial charge in [-0.3, -0.25) is 9.36 Å². The molecule has 0 unspecified atom stereocenters. The fourth-order valence-electron chi connectivity index (χ4n) is 1.81. The van der Waals surface area contributed by atoms with Gasteiger partial charge in [-0.05, 0) is 54.5 Å². The Hall–Kier alpha value is -1.17. The van der Waals surface area contributed by atoms with E-state index < -0.39 is 0 Å². The van der Waals surface area contributed by atoms with Crippen molar-refractivity contribution in [2.75, 3.05) is 0 Å². The van der Waals surface area contributed by atoms with Crippen LogP contribution < -0.4 is 5.56 Å². The van der Waals surface area contributed by atoms with Crippen LogP contribution in [0.4, 0.5) is 0 Å². The molecule has 0 saturated heterocycles. The van der Waals surface area contributed by atoms with Crippen molar-refractivity contribution >= 4 is 22.6 Å². The second kappa shape index (κ2) is 5.22. The van der Waals surface area contributed by atoms with Crippen LogP contribution in [0.3, 0.4) is 0 Å². The van der Waals surface area contributed by atoms with E-state index in [1.165, 1.54) is 16.7 Å². The van der Waals surface area contributed by atoms with Gasteiger partial charge in [-0.2, -0.15) is 0 Å². The lowest BCUT2D eigenvalue weighted by molar-refractivity contribution is 0.720. The van der Waals surface area contributed by atoms with E-state index in [2.05, 4.69) is 59.6 Å². The highest BCUT2D eigenvalue weighted by molar-refractivity contribution is 14.1. The van der Waals surface area contributed by atoms with Crippen molar-refractivity contribution in [2.45, 2.75) is 27.3 Å². The van der Waals surface area contributed by atoms with Gasteiger partial charge >= 0.3 is 0 Å². The average Bonchev–Trinajstić information content (AvgIpc) is 2.34. The number of aryl methyl sites for hydroxylation is 3. The average molecular weight is 354 g/mol. The summed E-state index contributed by atoms with van der Waals surface area (Å²) in [5.74, 6) is 0. The molecule has 0 spiro atoms. The molecule has 0 aliphatic carbocycles. The Morgan fingerprint density at radius 1 is 1.28 bits per heavy atom. The Balaban J connectivity index is 2.44. The lowest BCUT2D eigenvalue weighted by atomic mass is 10.1. The molecule has 3 nitrogen and oxygen atoms in total. The zero-order valence-corrected chi connectivity index (χ0v) is 12.9. The maximum Gasteiger partial charge on any atom is 0.267 e. The van der Waals surface area contributed by atoms with Crippen molar-refractivity contribution < 1.29 is 0 Å². The first-order chi connectivity index (χ1) is 8.49. The summed E-state index contributed by atoms with van der Waals surface area (Å²) >= 11 is 2.06. The summed E-state index contributed by atoms with van der Waals surface area (Å²) in [4.78, 5) is 16.3. The number of rotatable bonds is 2. The predicted octanol–water partition coefficient (Wildman–Crippen LogP) is 2.82. The lowest BCUT2D eigenvalue weighted by Crippen LogP contribution is -2.24. The summed E-state index contributed by atoms with van der Waals surface area (Å²) in [6.45, 7) is 6.55. The van der Waals surface area contributed by atoms with Gasteiger partial charge in [-0.25, -0.2) is 4.98 Å². The van der Waals surface area contributed by atoms with Crippen molar-refractivity contribution in [3.8, 4) is 0 Å². The third-order valence-electron chi connectivity index (χ3n) is 3.00. The van der Waals surface area contributed by atoms with Crippen LogP contribution in [0.2, 0.25) is 0 Å². The second-order valence-corrected chi connectivity index (χ2v) is 5.59. The van der Waals surface area contributed by atoms with Gasteiger partial charge in [-0.15, -0.1) is 0 Å². The predicted molar refractivity (Wildman–Crippen MR) is 81.0 cm³/mol. The fourth-order valence-corrected chi connectivity index (χ4v) is 2.26. The molecule has 0 atom stereocenters. The molecule has 1 heterocycles. The van der Waals surface area contributed by atoms with E-state index in [1.807, 2.05) is 6.92 Å². The zero-order valence-electron chi connectivity index (χ0n) is 10.7. The lowest BCUT2D eigenvalue weighted by Gasteiger charge is -2.10. The number of benzene rings is 1. The molecule has 1 aromatic heterocycles. The van der Waals surface area contributed by atoms with Gasteiger partial charge in [0.1, 0.15) is 0 Å². The smallest absolute Gasteiger partial charge is 0.267 e. The third-order valence-corrected chi connectivity index (χ3v) is 4.24. The molecule has 0 aliphatic rings. The minimum absolute atomic E-state index is 0.0315. The van der Waals surface area contributed by atoms with E-state index >= 15 is 0 Å². The summed E-state index contributed by atoms with van der Waals surface area (Å²) in [7, 11) is 0. The maximum atomic E-state index is 12.1. The molecule has 0 aliphatic heterocycles. The summed E-state index contributed by atoms with van der Waals surface area (Å²) < 4.78 is 2.36. The molecule has 4 heteroatoms. The van der Waals surface area contributed by atoms with Crippen LogP contribution in [0.15, 0.2) is 29.3 Å². The zero-order chi connectivity index (χ0) is 13.3. The Labute approximate surface area is 120 Å². The highest BCUT2D eigenvalue weighted by atomic mass is 127. The number of nitrogens with zero attached hydrogens (tertiary/aromatic N) is 2. The monoisotopic (exact) mass is 354 g/mol. The van der Waals surface area contributed by atoms with Crippen LogP contribution in [0.25, 0.3) is 0 Å². The van der Waals surface area contributed by atoms with E-state index in [9.17, 15) is 4.79 Å².